The minimum absolute atomic E-state index is 0.345. The van der Waals surface area contributed by atoms with Crippen molar-refractivity contribution in [3.8, 4) is 11.5 Å². The molecule has 3 rings (SSSR count). The van der Waals surface area contributed by atoms with E-state index >= 15 is 0 Å². The van der Waals surface area contributed by atoms with Crippen LogP contribution in [0.3, 0.4) is 0 Å². The molecule has 1 aromatic carbocycles. The van der Waals surface area contributed by atoms with Gasteiger partial charge in [-0.15, -0.1) is 0 Å². The molecular weight excluding hydrogens is 228 g/mol. The van der Waals surface area contributed by atoms with Crippen molar-refractivity contribution in [3.05, 3.63) is 18.2 Å². The van der Waals surface area contributed by atoms with Crippen molar-refractivity contribution in [1.29, 1.82) is 0 Å². The maximum absolute atomic E-state index is 5.46. The molecule has 18 heavy (non-hydrogen) atoms. The van der Waals surface area contributed by atoms with Crippen molar-refractivity contribution >= 4 is 5.69 Å². The van der Waals surface area contributed by atoms with Gasteiger partial charge >= 0.3 is 0 Å². The SMILES string of the molecule is CC1CCNCCCN1c1ccc2c(c1)OCO2. The summed E-state index contributed by atoms with van der Waals surface area (Å²) in [4.78, 5) is 2.48. The Morgan fingerprint density at radius 2 is 2.11 bits per heavy atom. The predicted molar refractivity (Wildman–Crippen MR) is 71.5 cm³/mol. The minimum Gasteiger partial charge on any atom is -0.454 e. The number of nitrogens with one attached hydrogen (secondary N) is 1. The molecule has 1 atom stereocenters. The lowest BCUT2D eigenvalue weighted by molar-refractivity contribution is 0.174. The van der Waals surface area contributed by atoms with Crippen molar-refractivity contribution in [2.45, 2.75) is 25.8 Å². The molecule has 0 amide bonds. The Labute approximate surface area is 108 Å². The van der Waals surface area contributed by atoms with Gasteiger partial charge in [0.15, 0.2) is 11.5 Å². The molecule has 1 fully saturated rings. The highest BCUT2D eigenvalue weighted by Crippen LogP contribution is 2.36. The zero-order valence-electron chi connectivity index (χ0n) is 10.8. The molecule has 0 bridgehead atoms. The van der Waals surface area contributed by atoms with E-state index in [1.165, 1.54) is 18.5 Å². The van der Waals surface area contributed by atoms with E-state index in [9.17, 15) is 0 Å². The van der Waals surface area contributed by atoms with Crippen molar-refractivity contribution in [2.24, 2.45) is 0 Å². The molecule has 2 aliphatic heterocycles. The Morgan fingerprint density at radius 1 is 1.22 bits per heavy atom. The second kappa shape index (κ2) is 5.06. The largest absolute Gasteiger partial charge is 0.454 e. The number of anilines is 1. The van der Waals surface area contributed by atoms with Gasteiger partial charge in [0.1, 0.15) is 0 Å². The fourth-order valence-corrected chi connectivity index (χ4v) is 2.63. The van der Waals surface area contributed by atoms with E-state index in [1.54, 1.807) is 0 Å². The third-order valence-corrected chi connectivity index (χ3v) is 3.71. The van der Waals surface area contributed by atoms with Crippen LogP contribution in [0.5, 0.6) is 11.5 Å². The van der Waals surface area contributed by atoms with Gasteiger partial charge in [-0.1, -0.05) is 0 Å². The lowest BCUT2D eigenvalue weighted by Gasteiger charge is -2.33. The standard InChI is InChI=1S/C14H20N2O2/c1-11-5-7-15-6-2-8-16(11)12-3-4-13-14(9-12)18-10-17-13/h3-4,9,11,15H,2,5-8,10H2,1H3. The van der Waals surface area contributed by atoms with Crippen LogP contribution in [0.25, 0.3) is 0 Å². The lowest BCUT2D eigenvalue weighted by Crippen LogP contribution is -2.40. The van der Waals surface area contributed by atoms with Gasteiger partial charge in [-0.25, -0.2) is 0 Å². The van der Waals surface area contributed by atoms with Gasteiger partial charge in [-0.05, 0) is 45.0 Å². The van der Waals surface area contributed by atoms with Gasteiger partial charge in [-0.3, -0.25) is 0 Å². The molecule has 0 saturated carbocycles. The van der Waals surface area contributed by atoms with Gasteiger partial charge < -0.3 is 19.7 Å². The van der Waals surface area contributed by atoms with Crippen molar-refractivity contribution in [2.75, 3.05) is 31.3 Å². The molecular formula is C14H20N2O2. The Bertz CT molecular complexity index is 422. The summed E-state index contributed by atoms with van der Waals surface area (Å²) in [5.74, 6) is 1.74. The number of rotatable bonds is 1. The van der Waals surface area contributed by atoms with Gasteiger partial charge in [0, 0.05) is 24.3 Å². The third kappa shape index (κ3) is 2.25. The van der Waals surface area contributed by atoms with Crippen molar-refractivity contribution in [3.63, 3.8) is 0 Å². The monoisotopic (exact) mass is 248 g/mol. The van der Waals surface area contributed by atoms with E-state index in [1.807, 2.05) is 6.07 Å². The van der Waals surface area contributed by atoms with Crippen LogP contribution in [0.1, 0.15) is 19.8 Å². The summed E-state index contributed by atoms with van der Waals surface area (Å²) in [5.41, 5.74) is 1.24. The highest BCUT2D eigenvalue weighted by Gasteiger charge is 2.19. The number of nitrogens with zero attached hydrogens (tertiary/aromatic N) is 1. The molecule has 1 N–H and O–H groups in total. The third-order valence-electron chi connectivity index (χ3n) is 3.71. The van der Waals surface area contributed by atoms with E-state index in [4.69, 9.17) is 9.47 Å². The summed E-state index contributed by atoms with van der Waals surface area (Å²) in [7, 11) is 0. The number of benzene rings is 1. The second-order valence-corrected chi connectivity index (χ2v) is 4.97. The summed E-state index contributed by atoms with van der Waals surface area (Å²) >= 11 is 0. The van der Waals surface area contributed by atoms with Crippen LogP contribution in [0, 0.1) is 0 Å². The fourth-order valence-electron chi connectivity index (χ4n) is 2.63. The average molecular weight is 248 g/mol. The highest BCUT2D eigenvalue weighted by atomic mass is 16.7. The molecule has 2 heterocycles. The number of fused-ring (bicyclic) bond motifs is 1. The molecule has 0 aromatic heterocycles. The molecule has 1 saturated heterocycles. The van der Waals surface area contributed by atoms with Gasteiger partial charge in [-0.2, -0.15) is 0 Å². The molecule has 1 aromatic rings. The highest BCUT2D eigenvalue weighted by molar-refractivity contribution is 5.57. The van der Waals surface area contributed by atoms with Crippen LogP contribution < -0.4 is 19.7 Å². The van der Waals surface area contributed by atoms with Crippen LogP contribution >= 0.6 is 0 Å². The van der Waals surface area contributed by atoms with Crippen molar-refractivity contribution in [1.82, 2.24) is 5.32 Å². The maximum atomic E-state index is 5.46. The second-order valence-electron chi connectivity index (χ2n) is 4.97. The normalized spacial score (nSPS) is 23.6. The smallest absolute Gasteiger partial charge is 0.231 e. The number of hydrogen-bond donors (Lipinski definition) is 1. The van der Waals surface area contributed by atoms with Crippen LogP contribution in [-0.2, 0) is 0 Å². The fraction of sp³-hybridized carbons (Fsp3) is 0.571. The van der Waals surface area contributed by atoms with Crippen molar-refractivity contribution < 1.29 is 9.47 Å². The maximum Gasteiger partial charge on any atom is 0.231 e. The van der Waals surface area contributed by atoms with Crippen LogP contribution in [-0.4, -0.2) is 32.5 Å². The summed E-state index contributed by atoms with van der Waals surface area (Å²) in [6, 6.07) is 6.81. The molecule has 2 aliphatic rings. The van der Waals surface area contributed by atoms with Gasteiger partial charge in [0.2, 0.25) is 6.79 Å². The van der Waals surface area contributed by atoms with E-state index in [0.29, 0.717) is 12.8 Å². The average Bonchev–Trinajstić information content (AvgIpc) is 2.81. The number of hydrogen-bond acceptors (Lipinski definition) is 4. The topological polar surface area (TPSA) is 33.7 Å². The van der Waals surface area contributed by atoms with Gasteiger partial charge in [0.05, 0.1) is 0 Å². The zero-order valence-corrected chi connectivity index (χ0v) is 10.8. The first kappa shape index (κ1) is 11.7. The van der Waals surface area contributed by atoms with Crippen LogP contribution in [0.2, 0.25) is 0 Å². The van der Waals surface area contributed by atoms with E-state index in [2.05, 4.69) is 29.3 Å². The first-order valence-corrected chi connectivity index (χ1v) is 6.71. The van der Waals surface area contributed by atoms with Crippen LogP contribution in [0.4, 0.5) is 5.69 Å². The van der Waals surface area contributed by atoms with E-state index < -0.39 is 0 Å². The minimum atomic E-state index is 0.345. The molecule has 4 heteroatoms. The molecule has 0 aliphatic carbocycles. The van der Waals surface area contributed by atoms with E-state index in [-0.39, 0.29) is 0 Å². The molecule has 0 radical (unpaired) electrons. The molecule has 1 unspecified atom stereocenters. The Hall–Kier alpha value is -1.42. The Morgan fingerprint density at radius 3 is 3.06 bits per heavy atom. The Balaban J connectivity index is 1.82. The summed E-state index contributed by atoms with van der Waals surface area (Å²) in [6.07, 6.45) is 2.35. The summed E-state index contributed by atoms with van der Waals surface area (Å²) in [5, 5.41) is 3.46. The summed E-state index contributed by atoms with van der Waals surface area (Å²) in [6.45, 7) is 5.93. The first-order chi connectivity index (χ1) is 8.84. The number of ether oxygens (including phenoxy) is 2. The molecule has 4 nitrogen and oxygen atoms in total. The zero-order chi connectivity index (χ0) is 12.4. The summed E-state index contributed by atoms with van der Waals surface area (Å²) < 4.78 is 10.8. The Kier molecular flexibility index (Phi) is 3.28. The molecule has 98 valence electrons. The predicted octanol–water partition coefficient (Wildman–Crippen LogP) is 1.99. The molecule has 0 spiro atoms. The van der Waals surface area contributed by atoms with Crippen LogP contribution in [0.15, 0.2) is 18.2 Å². The van der Waals surface area contributed by atoms with Gasteiger partial charge in [0.25, 0.3) is 0 Å². The van der Waals surface area contributed by atoms with E-state index in [0.717, 1.165) is 31.1 Å². The first-order valence-electron chi connectivity index (χ1n) is 6.71. The quantitative estimate of drug-likeness (QED) is 0.824. The lowest BCUT2D eigenvalue weighted by atomic mass is 10.1.